The number of nitrogens with zero attached hydrogens (tertiary/aromatic N) is 1. The van der Waals surface area contributed by atoms with Crippen LogP contribution < -0.4 is 5.32 Å². The average molecular weight is 438 g/mol. The average Bonchev–Trinajstić information content (AvgIpc) is 3.22. The van der Waals surface area contributed by atoms with Gasteiger partial charge in [-0.2, -0.15) is 0 Å². The molecule has 1 aliphatic heterocycles. The van der Waals surface area contributed by atoms with E-state index in [-0.39, 0.29) is 17.7 Å². The van der Waals surface area contributed by atoms with Crippen LogP contribution in [0.25, 0.3) is 10.9 Å². The maximum absolute atomic E-state index is 13.3. The lowest BCUT2D eigenvalue weighted by atomic mass is 9.89. The number of benzene rings is 2. The van der Waals surface area contributed by atoms with Crippen molar-refractivity contribution in [3.05, 3.63) is 70.9 Å². The molecule has 162 valence electrons. The topological polar surface area (TPSA) is 65.2 Å². The van der Waals surface area contributed by atoms with Gasteiger partial charge in [-0.25, -0.2) is 0 Å². The summed E-state index contributed by atoms with van der Waals surface area (Å²) in [5.41, 5.74) is 2.74. The van der Waals surface area contributed by atoms with Crippen molar-refractivity contribution in [2.24, 2.45) is 5.92 Å². The number of para-hydroxylation sites is 1. The summed E-state index contributed by atoms with van der Waals surface area (Å²) in [6.45, 7) is 5.33. The standard InChI is InChI=1S/C25H28ClN3O2/c1-16(2)23(28-24(30)21-15-27-22-6-4-3-5-20(21)22)25(31)29-13-11-18(12-14-29)17-7-9-19(26)10-8-17/h3-10,15-16,18,23,27H,11-14H2,1-2H3,(H,28,30)/t23-/m1/s1. The van der Waals surface area contributed by atoms with E-state index in [1.54, 1.807) is 6.20 Å². The van der Waals surface area contributed by atoms with Gasteiger partial charge in [0.15, 0.2) is 0 Å². The van der Waals surface area contributed by atoms with Gasteiger partial charge in [0.2, 0.25) is 5.91 Å². The van der Waals surface area contributed by atoms with Crippen LogP contribution >= 0.6 is 11.6 Å². The van der Waals surface area contributed by atoms with E-state index in [1.165, 1.54) is 5.56 Å². The summed E-state index contributed by atoms with van der Waals surface area (Å²) in [6.07, 6.45) is 3.53. The molecule has 4 rings (SSSR count). The molecule has 0 aliphatic carbocycles. The first kappa shape index (κ1) is 21.4. The molecular formula is C25H28ClN3O2. The number of aromatic nitrogens is 1. The van der Waals surface area contributed by atoms with Crippen LogP contribution in [0, 0.1) is 5.92 Å². The number of nitrogens with one attached hydrogen (secondary N) is 2. The van der Waals surface area contributed by atoms with Crippen LogP contribution in [0.4, 0.5) is 0 Å². The fourth-order valence-electron chi connectivity index (χ4n) is 4.36. The van der Waals surface area contributed by atoms with Crippen molar-refractivity contribution in [3.8, 4) is 0 Å². The summed E-state index contributed by atoms with van der Waals surface area (Å²) >= 11 is 6.00. The molecule has 2 heterocycles. The first-order valence-corrected chi connectivity index (χ1v) is 11.2. The molecule has 2 N–H and O–H groups in total. The molecule has 2 aromatic carbocycles. The molecule has 0 spiro atoms. The number of H-pyrrole nitrogens is 1. The smallest absolute Gasteiger partial charge is 0.254 e. The minimum Gasteiger partial charge on any atom is -0.360 e. The van der Waals surface area contributed by atoms with E-state index in [2.05, 4.69) is 22.4 Å². The number of carbonyl (C=O) groups excluding carboxylic acids is 2. The Morgan fingerprint density at radius 3 is 2.42 bits per heavy atom. The summed E-state index contributed by atoms with van der Waals surface area (Å²) in [6, 6.07) is 15.1. The fraction of sp³-hybridized carbons (Fsp3) is 0.360. The number of hydrogen-bond donors (Lipinski definition) is 2. The number of aromatic amines is 1. The molecular weight excluding hydrogens is 410 g/mol. The largest absolute Gasteiger partial charge is 0.360 e. The van der Waals surface area contributed by atoms with Crippen molar-refractivity contribution < 1.29 is 9.59 Å². The number of amides is 2. The first-order chi connectivity index (χ1) is 14.9. The van der Waals surface area contributed by atoms with Gasteiger partial charge in [-0.3, -0.25) is 9.59 Å². The van der Waals surface area contributed by atoms with Crippen molar-refractivity contribution in [2.75, 3.05) is 13.1 Å². The van der Waals surface area contributed by atoms with Crippen LogP contribution in [0.3, 0.4) is 0 Å². The minimum absolute atomic E-state index is 0.00209. The van der Waals surface area contributed by atoms with Crippen LogP contribution in [-0.4, -0.2) is 40.8 Å². The number of hydrogen-bond acceptors (Lipinski definition) is 2. The van der Waals surface area contributed by atoms with Gasteiger partial charge in [-0.05, 0) is 48.4 Å². The molecule has 5 nitrogen and oxygen atoms in total. The molecule has 0 radical (unpaired) electrons. The Hall–Kier alpha value is -2.79. The summed E-state index contributed by atoms with van der Waals surface area (Å²) in [7, 11) is 0. The van der Waals surface area contributed by atoms with Gasteiger partial charge in [0.05, 0.1) is 5.56 Å². The molecule has 31 heavy (non-hydrogen) atoms. The quantitative estimate of drug-likeness (QED) is 0.591. The van der Waals surface area contributed by atoms with Crippen LogP contribution in [0.1, 0.15) is 48.5 Å². The molecule has 1 saturated heterocycles. The van der Waals surface area contributed by atoms with E-state index in [4.69, 9.17) is 11.6 Å². The number of likely N-dealkylation sites (tertiary alicyclic amines) is 1. The molecule has 3 aromatic rings. The summed E-state index contributed by atoms with van der Waals surface area (Å²) in [5, 5.41) is 4.59. The predicted octanol–water partition coefficient (Wildman–Crippen LogP) is 4.98. The third kappa shape index (κ3) is 4.62. The van der Waals surface area contributed by atoms with Crippen molar-refractivity contribution in [3.63, 3.8) is 0 Å². The second kappa shape index (κ2) is 9.15. The fourth-order valence-corrected chi connectivity index (χ4v) is 4.48. The van der Waals surface area contributed by atoms with Crippen molar-refractivity contribution in [2.45, 2.75) is 38.6 Å². The van der Waals surface area contributed by atoms with Gasteiger partial charge in [0.1, 0.15) is 6.04 Å². The number of halogens is 1. The van der Waals surface area contributed by atoms with Crippen molar-refractivity contribution >= 4 is 34.3 Å². The molecule has 1 aliphatic rings. The summed E-state index contributed by atoms with van der Waals surface area (Å²) in [5.74, 6) is 0.202. The molecule has 1 fully saturated rings. The Bertz CT molecular complexity index is 1070. The number of rotatable bonds is 5. The van der Waals surface area contributed by atoms with Crippen LogP contribution in [-0.2, 0) is 4.79 Å². The van der Waals surface area contributed by atoms with Gasteiger partial charge >= 0.3 is 0 Å². The summed E-state index contributed by atoms with van der Waals surface area (Å²) in [4.78, 5) is 31.3. The monoisotopic (exact) mass is 437 g/mol. The van der Waals surface area contributed by atoms with Gasteiger partial charge in [-0.1, -0.05) is 55.8 Å². The Morgan fingerprint density at radius 2 is 1.74 bits per heavy atom. The SMILES string of the molecule is CC(C)[C@@H](NC(=O)c1c[nH]c2ccccc12)C(=O)N1CCC(c2ccc(Cl)cc2)CC1. The Labute approximate surface area is 187 Å². The lowest BCUT2D eigenvalue weighted by molar-refractivity contribution is -0.135. The zero-order valence-electron chi connectivity index (χ0n) is 17.9. The van der Waals surface area contributed by atoms with E-state index < -0.39 is 6.04 Å². The Balaban J connectivity index is 1.42. The number of fused-ring (bicyclic) bond motifs is 1. The number of carbonyl (C=O) groups is 2. The van der Waals surface area contributed by atoms with Crippen LogP contribution in [0.15, 0.2) is 54.7 Å². The Morgan fingerprint density at radius 1 is 1.06 bits per heavy atom. The highest BCUT2D eigenvalue weighted by Gasteiger charge is 2.32. The Kier molecular flexibility index (Phi) is 6.33. The first-order valence-electron chi connectivity index (χ1n) is 10.8. The van der Waals surface area contributed by atoms with E-state index in [0.717, 1.165) is 28.8 Å². The highest BCUT2D eigenvalue weighted by molar-refractivity contribution is 6.30. The van der Waals surface area contributed by atoms with Crippen molar-refractivity contribution in [1.29, 1.82) is 0 Å². The van der Waals surface area contributed by atoms with E-state index >= 15 is 0 Å². The van der Waals surface area contributed by atoms with E-state index in [0.29, 0.717) is 24.6 Å². The van der Waals surface area contributed by atoms with Crippen molar-refractivity contribution in [1.82, 2.24) is 15.2 Å². The van der Waals surface area contributed by atoms with Gasteiger partial charge in [-0.15, -0.1) is 0 Å². The third-order valence-electron chi connectivity index (χ3n) is 6.20. The number of piperidine rings is 1. The zero-order chi connectivity index (χ0) is 22.0. The van der Waals surface area contributed by atoms with E-state index in [9.17, 15) is 9.59 Å². The maximum Gasteiger partial charge on any atom is 0.254 e. The predicted molar refractivity (Wildman–Crippen MR) is 124 cm³/mol. The minimum atomic E-state index is -0.548. The zero-order valence-corrected chi connectivity index (χ0v) is 18.7. The third-order valence-corrected chi connectivity index (χ3v) is 6.45. The molecule has 1 aromatic heterocycles. The molecule has 6 heteroatoms. The second-order valence-corrected chi connectivity index (χ2v) is 9.03. The van der Waals surface area contributed by atoms with Gasteiger partial charge in [0, 0.05) is 35.2 Å². The molecule has 2 amide bonds. The molecule has 0 unspecified atom stereocenters. The molecule has 1 atom stereocenters. The highest BCUT2D eigenvalue weighted by atomic mass is 35.5. The van der Waals surface area contributed by atoms with Crippen LogP contribution in [0.5, 0.6) is 0 Å². The second-order valence-electron chi connectivity index (χ2n) is 8.59. The van der Waals surface area contributed by atoms with E-state index in [1.807, 2.05) is 55.1 Å². The molecule has 0 saturated carbocycles. The van der Waals surface area contributed by atoms with Gasteiger partial charge < -0.3 is 15.2 Å². The normalized spacial score (nSPS) is 15.9. The van der Waals surface area contributed by atoms with Crippen LogP contribution in [0.2, 0.25) is 5.02 Å². The highest BCUT2D eigenvalue weighted by Crippen LogP contribution is 2.29. The molecule has 0 bridgehead atoms. The maximum atomic E-state index is 13.3. The van der Waals surface area contributed by atoms with Gasteiger partial charge in [0.25, 0.3) is 5.91 Å². The lowest BCUT2D eigenvalue weighted by Gasteiger charge is -2.35. The summed E-state index contributed by atoms with van der Waals surface area (Å²) < 4.78 is 0. The lowest BCUT2D eigenvalue weighted by Crippen LogP contribution is -2.52.